The van der Waals surface area contributed by atoms with Gasteiger partial charge in [0, 0.05) is 24.2 Å². The summed E-state index contributed by atoms with van der Waals surface area (Å²) in [6.07, 6.45) is 0.895. The molecule has 0 spiro atoms. The molecular weight excluding hydrogens is 332 g/mol. The fourth-order valence-corrected chi connectivity index (χ4v) is 2.38. The first-order valence-corrected chi connectivity index (χ1v) is 8.46. The number of hydrogen-bond acceptors (Lipinski definition) is 4. The van der Waals surface area contributed by atoms with E-state index in [1.54, 1.807) is 37.4 Å². The van der Waals surface area contributed by atoms with Crippen LogP contribution in [0, 0.1) is 0 Å². The van der Waals surface area contributed by atoms with E-state index < -0.39 is 0 Å². The molecule has 0 aromatic heterocycles. The molecule has 0 aliphatic heterocycles. The molecule has 138 valence electrons. The standard InChI is InChI=1S/C20H24N2O4/c1-4-11-21-19(23)15-7-5-14(6-8-15)13-22-20(24)16-9-10-17(25-2)18(12-16)26-3/h5-10,12H,4,11,13H2,1-3H3,(H,21,23)(H,22,24). The second-order valence-electron chi connectivity index (χ2n) is 5.71. The molecule has 6 nitrogen and oxygen atoms in total. The maximum Gasteiger partial charge on any atom is 0.251 e. The zero-order valence-corrected chi connectivity index (χ0v) is 15.3. The Balaban J connectivity index is 1.96. The van der Waals surface area contributed by atoms with Crippen molar-refractivity contribution in [2.75, 3.05) is 20.8 Å². The van der Waals surface area contributed by atoms with Crippen molar-refractivity contribution in [3.8, 4) is 11.5 Å². The highest BCUT2D eigenvalue weighted by atomic mass is 16.5. The van der Waals surface area contributed by atoms with Crippen LogP contribution in [0.2, 0.25) is 0 Å². The Hall–Kier alpha value is -3.02. The minimum atomic E-state index is -0.212. The van der Waals surface area contributed by atoms with E-state index in [4.69, 9.17) is 9.47 Å². The van der Waals surface area contributed by atoms with E-state index >= 15 is 0 Å². The summed E-state index contributed by atoms with van der Waals surface area (Å²) < 4.78 is 10.4. The minimum absolute atomic E-state index is 0.0900. The van der Waals surface area contributed by atoms with Crippen molar-refractivity contribution in [3.05, 3.63) is 59.2 Å². The molecule has 0 aliphatic carbocycles. The number of rotatable bonds is 8. The van der Waals surface area contributed by atoms with Crippen molar-refractivity contribution in [2.45, 2.75) is 19.9 Å². The van der Waals surface area contributed by atoms with Crippen LogP contribution in [0.25, 0.3) is 0 Å². The molecule has 0 saturated heterocycles. The fraction of sp³-hybridized carbons (Fsp3) is 0.300. The third kappa shape index (κ3) is 4.99. The second-order valence-corrected chi connectivity index (χ2v) is 5.71. The zero-order chi connectivity index (χ0) is 18.9. The predicted molar refractivity (Wildman–Crippen MR) is 99.8 cm³/mol. The lowest BCUT2D eigenvalue weighted by atomic mass is 10.1. The van der Waals surface area contributed by atoms with Crippen molar-refractivity contribution in [1.82, 2.24) is 10.6 Å². The maximum atomic E-state index is 12.3. The lowest BCUT2D eigenvalue weighted by Crippen LogP contribution is -2.24. The first-order chi connectivity index (χ1) is 12.6. The van der Waals surface area contributed by atoms with Gasteiger partial charge in [-0.05, 0) is 42.3 Å². The Morgan fingerprint density at radius 3 is 2.08 bits per heavy atom. The molecule has 2 rings (SSSR count). The molecule has 0 radical (unpaired) electrons. The highest BCUT2D eigenvalue weighted by molar-refractivity contribution is 5.95. The van der Waals surface area contributed by atoms with Crippen molar-refractivity contribution in [3.63, 3.8) is 0 Å². The van der Waals surface area contributed by atoms with Gasteiger partial charge in [0.1, 0.15) is 0 Å². The summed E-state index contributed by atoms with van der Waals surface area (Å²) in [5.41, 5.74) is 2.00. The van der Waals surface area contributed by atoms with E-state index in [2.05, 4.69) is 10.6 Å². The van der Waals surface area contributed by atoms with Gasteiger partial charge >= 0.3 is 0 Å². The summed E-state index contributed by atoms with van der Waals surface area (Å²) >= 11 is 0. The zero-order valence-electron chi connectivity index (χ0n) is 15.3. The van der Waals surface area contributed by atoms with Gasteiger partial charge < -0.3 is 20.1 Å². The number of carbonyl (C=O) groups excluding carboxylic acids is 2. The normalized spacial score (nSPS) is 10.1. The van der Waals surface area contributed by atoms with Crippen LogP contribution in [-0.2, 0) is 6.54 Å². The lowest BCUT2D eigenvalue weighted by molar-refractivity contribution is 0.0942. The van der Waals surface area contributed by atoms with Crippen LogP contribution < -0.4 is 20.1 Å². The third-order valence-electron chi connectivity index (χ3n) is 3.85. The van der Waals surface area contributed by atoms with Crippen LogP contribution in [0.15, 0.2) is 42.5 Å². The molecule has 2 N–H and O–H groups in total. The van der Waals surface area contributed by atoms with Gasteiger partial charge in [-0.1, -0.05) is 19.1 Å². The van der Waals surface area contributed by atoms with Gasteiger partial charge in [0.15, 0.2) is 11.5 Å². The number of carbonyl (C=O) groups is 2. The molecule has 0 unspecified atom stereocenters. The maximum absolute atomic E-state index is 12.3. The van der Waals surface area contributed by atoms with E-state index in [9.17, 15) is 9.59 Å². The summed E-state index contributed by atoms with van der Waals surface area (Å²) in [5, 5.41) is 5.68. The van der Waals surface area contributed by atoms with E-state index in [1.165, 1.54) is 7.11 Å². The molecule has 2 aromatic carbocycles. The van der Waals surface area contributed by atoms with Gasteiger partial charge in [-0.3, -0.25) is 9.59 Å². The van der Waals surface area contributed by atoms with Crippen molar-refractivity contribution in [1.29, 1.82) is 0 Å². The highest BCUT2D eigenvalue weighted by Crippen LogP contribution is 2.27. The summed E-state index contributed by atoms with van der Waals surface area (Å²) in [4.78, 5) is 24.2. The number of nitrogens with one attached hydrogen (secondary N) is 2. The molecule has 0 bridgehead atoms. The smallest absolute Gasteiger partial charge is 0.251 e. The quantitative estimate of drug-likeness (QED) is 0.762. The van der Waals surface area contributed by atoms with Crippen LogP contribution in [-0.4, -0.2) is 32.6 Å². The molecule has 2 aromatic rings. The topological polar surface area (TPSA) is 76.7 Å². The van der Waals surface area contributed by atoms with E-state index in [0.29, 0.717) is 35.7 Å². The molecule has 0 atom stereocenters. The molecule has 0 fully saturated rings. The van der Waals surface area contributed by atoms with Gasteiger partial charge in [-0.15, -0.1) is 0 Å². The van der Waals surface area contributed by atoms with Crippen LogP contribution in [0.1, 0.15) is 39.6 Å². The van der Waals surface area contributed by atoms with Gasteiger partial charge in [0.25, 0.3) is 11.8 Å². The number of methoxy groups -OCH3 is 2. The predicted octanol–water partition coefficient (Wildman–Crippen LogP) is 2.77. The molecular formula is C20H24N2O4. The number of hydrogen-bond donors (Lipinski definition) is 2. The second kappa shape index (κ2) is 9.46. The van der Waals surface area contributed by atoms with Gasteiger partial charge in [-0.25, -0.2) is 0 Å². The Morgan fingerprint density at radius 1 is 0.846 bits per heavy atom. The van der Waals surface area contributed by atoms with E-state index in [-0.39, 0.29) is 11.8 Å². The largest absolute Gasteiger partial charge is 0.493 e. The average molecular weight is 356 g/mol. The van der Waals surface area contributed by atoms with Gasteiger partial charge in [0.2, 0.25) is 0 Å². The Bertz CT molecular complexity index is 757. The summed E-state index contributed by atoms with van der Waals surface area (Å²) in [6.45, 7) is 3.02. The van der Waals surface area contributed by atoms with Crippen LogP contribution in [0.3, 0.4) is 0 Å². The Kier molecular flexibility index (Phi) is 7.02. The Morgan fingerprint density at radius 2 is 1.46 bits per heavy atom. The molecule has 2 amide bonds. The lowest BCUT2D eigenvalue weighted by Gasteiger charge is -2.10. The van der Waals surface area contributed by atoms with Crippen LogP contribution in [0.4, 0.5) is 0 Å². The molecule has 0 saturated carbocycles. The monoisotopic (exact) mass is 356 g/mol. The summed E-state index contributed by atoms with van der Waals surface area (Å²) in [5.74, 6) is 0.770. The summed E-state index contributed by atoms with van der Waals surface area (Å²) in [7, 11) is 3.07. The minimum Gasteiger partial charge on any atom is -0.493 e. The number of ether oxygens (including phenoxy) is 2. The van der Waals surface area contributed by atoms with Crippen molar-refractivity contribution < 1.29 is 19.1 Å². The van der Waals surface area contributed by atoms with E-state index in [1.807, 2.05) is 19.1 Å². The fourth-order valence-electron chi connectivity index (χ4n) is 2.38. The van der Waals surface area contributed by atoms with E-state index in [0.717, 1.165) is 12.0 Å². The first kappa shape index (κ1) is 19.3. The molecule has 0 heterocycles. The SMILES string of the molecule is CCCNC(=O)c1ccc(CNC(=O)c2ccc(OC)c(OC)c2)cc1. The first-order valence-electron chi connectivity index (χ1n) is 8.46. The molecule has 26 heavy (non-hydrogen) atoms. The van der Waals surface area contributed by atoms with Gasteiger partial charge in [-0.2, -0.15) is 0 Å². The number of amides is 2. The third-order valence-corrected chi connectivity index (χ3v) is 3.85. The Labute approximate surface area is 153 Å². The van der Waals surface area contributed by atoms with Crippen LogP contribution >= 0.6 is 0 Å². The van der Waals surface area contributed by atoms with Gasteiger partial charge in [0.05, 0.1) is 14.2 Å². The average Bonchev–Trinajstić information content (AvgIpc) is 2.69. The summed E-state index contributed by atoms with van der Waals surface area (Å²) in [6, 6.07) is 12.2. The highest BCUT2D eigenvalue weighted by Gasteiger charge is 2.11. The van der Waals surface area contributed by atoms with Crippen molar-refractivity contribution >= 4 is 11.8 Å². The van der Waals surface area contributed by atoms with Crippen molar-refractivity contribution in [2.24, 2.45) is 0 Å². The van der Waals surface area contributed by atoms with Crippen LogP contribution in [0.5, 0.6) is 11.5 Å². The molecule has 0 aliphatic rings. The molecule has 6 heteroatoms. The number of benzene rings is 2.